The van der Waals surface area contributed by atoms with Gasteiger partial charge in [-0.2, -0.15) is 0 Å². The molecule has 3 rings (SSSR count). The molecule has 0 saturated carbocycles. The average Bonchev–Trinajstić information content (AvgIpc) is 3.17. The summed E-state index contributed by atoms with van der Waals surface area (Å²) in [5.41, 5.74) is -0.114. The van der Waals surface area contributed by atoms with Crippen LogP contribution in [0.4, 0.5) is 13.6 Å². The maximum Gasteiger partial charge on any atom is 0.407 e. The zero-order chi connectivity index (χ0) is 21.4. The molecule has 2 fully saturated rings. The Labute approximate surface area is 168 Å². The minimum Gasteiger partial charge on any atom is -0.497 e. The summed E-state index contributed by atoms with van der Waals surface area (Å²) >= 11 is 0. The van der Waals surface area contributed by atoms with Gasteiger partial charge < -0.3 is 14.6 Å². The molecule has 2 heterocycles. The van der Waals surface area contributed by atoms with Crippen molar-refractivity contribution in [3.05, 3.63) is 29.8 Å². The highest BCUT2D eigenvalue weighted by atomic mass is 19.3. The number of ether oxygens (including phenoxy) is 2. The Morgan fingerprint density at radius 3 is 2.48 bits per heavy atom. The lowest BCUT2D eigenvalue weighted by Gasteiger charge is -2.30. The Morgan fingerprint density at radius 2 is 1.90 bits per heavy atom. The van der Waals surface area contributed by atoms with Gasteiger partial charge in [-0.1, -0.05) is 12.1 Å². The molecule has 9 heteroatoms. The number of amides is 1. The van der Waals surface area contributed by atoms with Crippen molar-refractivity contribution in [1.82, 2.24) is 9.80 Å². The van der Waals surface area contributed by atoms with Gasteiger partial charge in [-0.15, -0.1) is 0 Å². The second kappa shape index (κ2) is 7.78. The van der Waals surface area contributed by atoms with Gasteiger partial charge in [-0.05, 0) is 31.5 Å². The summed E-state index contributed by atoms with van der Waals surface area (Å²) in [6.45, 7) is 3.18. The van der Waals surface area contributed by atoms with E-state index in [0.29, 0.717) is 5.75 Å². The lowest BCUT2D eigenvalue weighted by atomic mass is 9.93. The highest BCUT2D eigenvalue weighted by Crippen LogP contribution is 2.42. The molecule has 0 spiro atoms. The van der Waals surface area contributed by atoms with E-state index in [2.05, 4.69) is 0 Å². The number of rotatable bonds is 6. The first kappa shape index (κ1) is 21.3. The fourth-order valence-corrected chi connectivity index (χ4v) is 4.09. The summed E-state index contributed by atoms with van der Waals surface area (Å²) < 4.78 is 38.9. The second-order valence-corrected chi connectivity index (χ2v) is 8.35. The summed E-state index contributed by atoms with van der Waals surface area (Å²) in [6, 6.07) is 6.37. The zero-order valence-corrected chi connectivity index (χ0v) is 16.7. The quantitative estimate of drug-likeness (QED) is 0.724. The molecule has 0 radical (unpaired) electrons. The predicted octanol–water partition coefficient (Wildman–Crippen LogP) is 2.69. The first-order chi connectivity index (χ1) is 13.5. The normalized spacial score (nSPS) is 23.7. The van der Waals surface area contributed by atoms with Crippen LogP contribution in [-0.2, 0) is 16.1 Å². The van der Waals surface area contributed by atoms with Crippen LogP contribution < -0.4 is 4.74 Å². The fraction of sp³-hybridized carbons (Fsp3) is 0.600. The number of hydrogen-bond donors (Lipinski definition) is 1. The molecule has 2 aliphatic rings. The number of benzene rings is 1. The third-order valence-electron chi connectivity index (χ3n) is 5.63. The van der Waals surface area contributed by atoms with E-state index in [1.54, 1.807) is 50.1 Å². The molecule has 1 aromatic rings. The van der Waals surface area contributed by atoms with E-state index in [1.165, 1.54) is 0 Å². The highest BCUT2D eigenvalue weighted by molar-refractivity contribution is 5.76. The van der Waals surface area contributed by atoms with Crippen molar-refractivity contribution in [3.8, 4) is 5.75 Å². The van der Waals surface area contributed by atoms with Crippen LogP contribution >= 0.6 is 0 Å². The van der Waals surface area contributed by atoms with Crippen LogP contribution in [0.3, 0.4) is 0 Å². The van der Waals surface area contributed by atoms with E-state index in [4.69, 9.17) is 9.47 Å². The topological polar surface area (TPSA) is 79.3 Å². The standard InChI is InChI=1S/C20H26F2N2O5/c1-19(2,17(25)29-10-13-4-6-14(28-3)7-5-13)11-23-8-15-16(9-23)24(18(26)27)12-20(15,21)22/h4-7,15-16H,8-12H2,1-3H3,(H,26,27). The molecule has 7 nitrogen and oxygen atoms in total. The fourth-order valence-electron chi connectivity index (χ4n) is 4.09. The number of likely N-dealkylation sites (tertiary alicyclic amines) is 2. The van der Waals surface area contributed by atoms with Crippen LogP contribution in [0, 0.1) is 11.3 Å². The molecular formula is C20H26F2N2O5. The molecule has 0 aromatic heterocycles. The summed E-state index contributed by atoms with van der Waals surface area (Å²) in [5.74, 6) is -3.85. The van der Waals surface area contributed by atoms with Crippen molar-refractivity contribution in [1.29, 1.82) is 0 Å². The van der Waals surface area contributed by atoms with Gasteiger partial charge in [0.2, 0.25) is 0 Å². The van der Waals surface area contributed by atoms with E-state index in [9.17, 15) is 23.5 Å². The number of nitrogens with zero attached hydrogens (tertiary/aromatic N) is 2. The number of esters is 1. The van der Waals surface area contributed by atoms with Crippen molar-refractivity contribution in [2.45, 2.75) is 32.4 Å². The molecule has 0 aliphatic carbocycles. The van der Waals surface area contributed by atoms with E-state index in [0.717, 1.165) is 10.5 Å². The van der Waals surface area contributed by atoms with Crippen LogP contribution in [0.5, 0.6) is 5.75 Å². The van der Waals surface area contributed by atoms with Gasteiger partial charge in [0.1, 0.15) is 12.4 Å². The van der Waals surface area contributed by atoms with E-state index in [1.807, 2.05) is 0 Å². The van der Waals surface area contributed by atoms with Crippen molar-refractivity contribution in [2.24, 2.45) is 11.3 Å². The third-order valence-corrected chi connectivity index (χ3v) is 5.63. The number of methoxy groups -OCH3 is 1. The number of hydrogen-bond acceptors (Lipinski definition) is 5. The first-order valence-corrected chi connectivity index (χ1v) is 9.43. The Balaban J connectivity index is 1.57. The van der Waals surface area contributed by atoms with Gasteiger partial charge in [0.15, 0.2) is 0 Å². The maximum atomic E-state index is 14.2. The summed E-state index contributed by atoms with van der Waals surface area (Å²) in [5, 5.41) is 9.20. The van der Waals surface area contributed by atoms with Crippen molar-refractivity contribution in [2.75, 3.05) is 33.3 Å². The maximum absolute atomic E-state index is 14.2. The molecule has 160 valence electrons. The molecule has 1 aromatic carbocycles. The number of fused-ring (bicyclic) bond motifs is 1. The van der Waals surface area contributed by atoms with Gasteiger partial charge in [-0.25, -0.2) is 13.6 Å². The third kappa shape index (κ3) is 4.44. The Kier molecular flexibility index (Phi) is 5.71. The molecule has 29 heavy (non-hydrogen) atoms. The predicted molar refractivity (Wildman–Crippen MR) is 100.0 cm³/mol. The molecular weight excluding hydrogens is 386 g/mol. The van der Waals surface area contributed by atoms with Gasteiger partial charge in [0.05, 0.1) is 31.0 Å². The lowest BCUT2D eigenvalue weighted by molar-refractivity contribution is -0.156. The van der Waals surface area contributed by atoms with Gasteiger partial charge >= 0.3 is 12.1 Å². The SMILES string of the molecule is COc1ccc(COC(=O)C(C)(C)CN2CC3C(C2)C(F)(F)CN3C(=O)O)cc1. The van der Waals surface area contributed by atoms with Crippen LogP contribution in [0.2, 0.25) is 0 Å². The van der Waals surface area contributed by atoms with E-state index in [-0.39, 0.29) is 26.2 Å². The van der Waals surface area contributed by atoms with Crippen LogP contribution in [0.25, 0.3) is 0 Å². The molecule has 2 aliphatic heterocycles. The Hall–Kier alpha value is -2.42. The van der Waals surface area contributed by atoms with Crippen LogP contribution in [0.1, 0.15) is 19.4 Å². The molecule has 1 N–H and O–H groups in total. The minimum absolute atomic E-state index is 0.0522. The minimum atomic E-state index is -3.06. The number of carbonyl (C=O) groups excluding carboxylic acids is 1. The van der Waals surface area contributed by atoms with E-state index >= 15 is 0 Å². The summed E-state index contributed by atoms with van der Waals surface area (Å²) in [4.78, 5) is 26.4. The molecule has 2 unspecified atom stereocenters. The molecule has 2 saturated heterocycles. The highest BCUT2D eigenvalue weighted by Gasteiger charge is 2.59. The summed E-state index contributed by atoms with van der Waals surface area (Å²) in [6.07, 6.45) is -1.34. The first-order valence-electron chi connectivity index (χ1n) is 9.43. The lowest BCUT2D eigenvalue weighted by Crippen LogP contribution is -2.43. The number of alkyl halides is 2. The number of carbonyl (C=O) groups is 2. The molecule has 1 amide bonds. The smallest absolute Gasteiger partial charge is 0.407 e. The molecule has 2 atom stereocenters. The zero-order valence-electron chi connectivity index (χ0n) is 16.7. The van der Waals surface area contributed by atoms with Gasteiger partial charge in [0.25, 0.3) is 5.92 Å². The van der Waals surface area contributed by atoms with E-state index < -0.39 is 41.9 Å². The second-order valence-electron chi connectivity index (χ2n) is 8.35. The Bertz CT molecular complexity index is 769. The number of carboxylic acid groups (broad SMARTS) is 1. The van der Waals surface area contributed by atoms with Crippen molar-refractivity contribution >= 4 is 12.1 Å². The summed E-state index contributed by atoms with van der Waals surface area (Å²) in [7, 11) is 1.57. The average molecular weight is 412 g/mol. The Morgan fingerprint density at radius 1 is 1.24 bits per heavy atom. The number of halogens is 2. The largest absolute Gasteiger partial charge is 0.497 e. The van der Waals surface area contributed by atoms with Crippen LogP contribution in [-0.4, -0.2) is 72.2 Å². The van der Waals surface area contributed by atoms with Gasteiger partial charge in [0, 0.05) is 19.6 Å². The molecule has 0 bridgehead atoms. The van der Waals surface area contributed by atoms with Crippen molar-refractivity contribution in [3.63, 3.8) is 0 Å². The van der Waals surface area contributed by atoms with Crippen molar-refractivity contribution < 1.29 is 33.0 Å². The van der Waals surface area contributed by atoms with Crippen LogP contribution in [0.15, 0.2) is 24.3 Å². The van der Waals surface area contributed by atoms with Gasteiger partial charge in [-0.3, -0.25) is 14.6 Å². The monoisotopic (exact) mass is 412 g/mol.